The molecule has 2 aromatic carbocycles. The largest absolute Gasteiger partial charge is 0.494 e. The van der Waals surface area contributed by atoms with E-state index < -0.39 is 0 Å². The molecule has 1 amide bonds. The lowest BCUT2D eigenvalue weighted by Crippen LogP contribution is -2.24. The molecule has 3 rings (SSSR count). The van der Waals surface area contributed by atoms with Gasteiger partial charge >= 0.3 is 0 Å². The number of ether oxygens (including phenoxy) is 1. The number of carbonyl (C=O) groups excluding carboxylic acids is 1. The molecule has 0 atom stereocenters. The number of nitrogens with zero attached hydrogens (tertiary/aromatic N) is 2. The van der Waals surface area contributed by atoms with Gasteiger partial charge in [-0.25, -0.2) is 4.98 Å². The highest BCUT2D eigenvalue weighted by Gasteiger charge is 2.09. The van der Waals surface area contributed by atoms with Crippen LogP contribution in [0.5, 0.6) is 5.75 Å². The van der Waals surface area contributed by atoms with E-state index in [1.54, 1.807) is 24.1 Å². The molecule has 25 heavy (non-hydrogen) atoms. The van der Waals surface area contributed by atoms with Gasteiger partial charge in [-0.15, -0.1) is 0 Å². The van der Waals surface area contributed by atoms with Gasteiger partial charge in [-0.3, -0.25) is 4.79 Å². The zero-order valence-corrected chi connectivity index (χ0v) is 14.4. The van der Waals surface area contributed by atoms with Gasteiger partial charge in [-0.1, -0.05) is 24.3 Å². The van der Waals surface area contributed by atoms with Crippen LogP contribution < -0.4 is 4.74 Å². The summed E-state index contributed by atoms with van der Waals surface area (Å²) in [6.45, 7) is 3.02. The summed E-state index contributed by atoms with van der Waals surface area (Å²) in [5, 5.41) is 0. The molecule has 5 nitrogen and oxygen atoms in total. The van der Waals surface area contributed by atoms with Gasteiger partial charge in [-0.2, -0.15) is 0 Å². The van der Waals surface area contributed by atoms with E-state index >= 15 is 0 Å². The van der Waals surface area contributed by atoms with Gasteiger partial charge in [0, 0.05) is 13.1 Å². The fourth-order valence-corrected chi connectivity index (χ4v) is 2.52. The van der Waals surface area contributed by atoms with Crippen molar-refractivity contribution in [3.05, 3.63) is 66.0 Å². The van der Waals surface area contributed by atoms with Crippen molar-refractivity contribution in [2.24, 2.45) is 0 Å². The second kappa shape index (κ2) is 7.66. The zero-order valence-electron chi connectivity index (χ0n) is 14.4. The van der Waals surface area contributed by atoms with Crippen LogP contribution in [0.15, 0.2) is 54.6 Å². The predicted octanol–water partition coefficient (Wildman–Crippen LogP) is 3.63. The van der Waals surface area contributed by atoms with Crippen molar-refractivity contribution >= 4 is 23.0 Å². The highest BCUT2D eigenvalue weighted by Crippen LogP contribution is 2.14. The molecule has 1 heterocycles. The molecule has 3 aromatic rings. The number of aromatic nitrogens is 2. The van der Waals surface area contributed by atoms with Crippen LogP contribution >= 0.6 is 0 Å². The van der Waals surface area contributed by atoms with Crippen LogP contribution in [0.3, 0.4) is 0 Å². The number of rotatable bonds is 6. The molecule has 0 bridgehead atoms. The van der Waals surface area contributed by atoms with E-state index in [1.165, 1.54) is 0 Å². The fraction of sp³-hybridized carbons (Fsp3) is 0.200. The normalized spacial score (nSPS) is 11.1. The van der Waals surface area contributed by atoms with E-state index in [1.807, 2.05) is 55.5 Å². The van der Waals surface area contributed by atoms with Gasteiger partial charge in [0.25, 0.3) is 0 Å². The van der Waals surface area contributed by atoms with E-state index in [2.05, 4.69) is 9.97 Å². The SMILES string of the molecule is CCOc1ccc(C=CC(=O)N(C)Cc2nc3ccccc3[nH]2)cc1. The third kappa shape index (κ3) is 4.26. The summed E-state index contributed by atoms with van der Waals surface area (Å²) in [4.78, 5) is 21.6. The molecule has 0 spiro atoms. The molecule has 0 fully saturated rings. The number of benzene rings is 2. The maximum atomic E-state index is 12.3. The first-order valence-electron chi connectivity index (χ1n) is 8.25. The molecule has 0 saturated carbocycles. The third-order valence-electron chi connectivity index (χ3n) is 3.81. The molecule has 0 aliphatic carbocycles. The summed E-state index contributed by atoms with van der Waals surface area (Å²) in [6, 6.07) is 15.5. The number of hydrogen-bond acceptors (Lipinski definition) is 3. The minimum Gasteiger partial charge on any atom is -0.494 e. The number of nitrogens with one attached hydrogen (secondary N) is 1. The Morgan fingerprint density at radius 3 is 2.68 bits per heavy atom. The number of aromatic amines is 1. The molecule has 0 radical (unpaired) electrons. The lowest BCUT2D eigenvalue weighted by Gasteiger charge is -2.13. The standard InChI is InChI=1S/C20H21N3O2/c1-3-25-16-11-8-15(9-12-16)10-13-20(24)23(2)14-19-21-17-6-4-5-7-18(17)22-19/h4-13H,3,14H2,1-2H3,(H,21,22). The Hall–Kier alpha value is -3.08. The molecule has 1 N–H and O–H groups in total. The number of imidazole rings is 1. The van der Waals surface area contributed by atoms with Crippen molar-refractivity contribution in [1.29, 1.82) is 0 Å². The molecule has 0 aliphatic heterocycles. The van der Waals surface area contributed by atoms with Gasteiger partial charge in [0.1, 0.15) is 11.6 Å². The Morgan fingerprint density at radius 2 is 1.96 bits per heavy atom. The third-order valence-corrected chi connectivity index (χ3v) is 3.81. The number of para-hydroxylation sites is 2. The number of carbonyl (C=O) groups is 1. The molecular formula is C20H21N3O2. The van der Waals surface area contributed by atoms with Crippen LogP contribution in [0.25, 0.3) is 17.1 Å². The summed E-state index contributed by atoms with van der Waals surface area (Å²) in [5.74, 6) is 1.52. The predicted molar refractivity (Wildman–Crippen MR) is 99.2 cm³/mol. The Morgan fingerprint density at radius 1 is 1.20 bits per heavy atom. The van der Waals surface area contributed by atoms with Crippen molar-refractivity contribution in [1.82, 2.24) is 14.9 Å². The summed E-state index contributed by atoms with van der Waals surface area (Å²) >= 11 is 0. The summed E-state index contributed by atoms with van der Waals surface area (Å²) in [5.41, 5.74) is 2.83. The van der Waals surface area contributed by atoms with Crippen molar-refractivity contribution in [3.8, 4) is 5.75 Å². The van der Waals surface area contributed by atoms with Gasteiger partial charge in [-0.05, 0) is 42.8 Å². The maximum Gasteiger partial charge on any atom is 0.246 e. The minimum atomic E-state index is -0.0747. The van der Waals surface area contributed by atoms with Crippen molar-refractivity contribution in [2.45, 2.75) is 13.5 Å². The van der Waals surface area contributed by atoms with Crippen molar-refractivity contribution < 1.29 is 9.53 Å². The molecule has 5 heteroatoms. The first kappa shape index (κ1) is 16.8. The van der Waals surface area contributed by atoms with Crippen LogP contribution in [0.1, 0.15) is 18.3 Å². The second-order valence-corrected chi connectivity index (χ2v) is 5.73. The molecule has 0 aliphatic rings. The molecular weight excluding hydrogens is 314 g/mol. The Balaban J connectivity index is 1.61. The highest BCUT2D eigenvalue weighted by molar-refractivity contribution is 5.91. The second-order valence-electron chi connectivity index (χ2n) is 5.73. The summed E-state index contributed by atoms with van der Waals surface area (Å²) in [7, 11) is 1.76. The van der Waals surface area contributed by atoms with E-state index in [4.69, 9.17) is 4.74 Å². The molecule has 128 valence electrons. The van der Waals surface area contributed by atoms with Gasteiger partial charge < -0.3 is 14.6 Å². The van der Waals surface area contributed by atoms with Crippen LogP contribution in [0.2, 0.25) is 0 Å². The number of H-pyrrole nitrogens is 1. The zero-order chi connectivity index (χ0) is 17.6. The number of hydrogen-bond donors (Lipinski definition) is 1. The average Bonchev–Trinajstić information content (AvgIpc) is 3.03. The van der Waals surface area contributed by atoms with Crippen LogP contribution in [-0.4, -0.2) is 34.4 Å². The van der Waals surface area contributed by atoms with E-state index in [-0.39, 0.29) is 5.91 Å². The Bertz CT molecular complexity index is 848. The molecule has 0 unspecified atom stereocenters. The Labute approximate surface area is 146 Å². The minimum absolute atomic E-state index is 0.0747. The van der Waals surface area contributed by atoms with E-state index in [0.717, 1.165) is 28.2 Å². The van der Waals surface area contributed by atoms with Crippen LogP contribution in [-0.2, 0) is 11.3 Å². The van der Waals surface area contributed by atoms with Crippen LogP contribution in [0, 0.1) is 0 Å². The van der Waals surface area contributed by atoms with E-state index in [0.29, 0.717) is 13.2 Å². The maximum absolute atomic E-state index is 12.3. The van der Waals surface area contributed by atoms with Crippen LogP contribution in [0.4, 0.5) is 0 Å². The van der Waals surface area contributed by atoms with Gasteiger partial charge in [0.15, 0.2) is 0 Å². The first-order chi connectivity index (χ1) is 12.2. The molecule has 1 aromatic heterocycles. The number of amides is 1. The van der Waals surface area contributed by atoms with E-state index in [9.17, 15) is 4.79 Å². The lowest BCUT2D eigenvalue weighted by molar-refractivity contribution is -0.125. The topological polar surface area (TPSA) is 58.2 Å². The smallest absolute Gasteiger partial charge is 0.246 e. The number of likely N-dealkylation sites (N-methyl/N-ethyl adjacent to an activating group) is 1. The molecule has 0 saturated heterocycles. The summed E-state index contributed by atoms with van der Waals surface area (Å²) < 4.78 is 5.41. The van der Waals surface area contributed by atoms with Crippen molar-refractivity contribution in [3.63, 3.8) is 0 Å². The van der Waals surface area contributed by atoms with Gasteiger partial charge in [0.05, 0.1) is 24.2 Å². The highest BCUT2D eigenvalue weighted by atomic mass is 16.5. The Kier molecular flexibility index (Phi) is 5.14. The summed E-state index contributed by atoms with van der Waals surface area (Å²) in [6.07, 6.45) is 3.37. The average molecular weight is 335 g/mol. The first-order valence-corrected chi connectivity index (χ1v) is 8.25. The number of fused-ring (bicyclic) bond motifs is 1. The monoisotopic (exact) mass is 335 g/mol. The van der Waals surface area contributed by atoms with Crippen molar-refractivity contribution in [2.75, 3.05) is 13.7 Å². The lowest BCUT2D eigenvalue weighted by atomic mass is 10.2. The quantitative estimate of drug-likeness (QED) is 0.700. The fourth-order valence-electron chi connectivity index (χ4n) is 2.52. The van der Waals surface area contributed by atoms with Gasteiger partial charge in [0.2, 0.25) is 5.91 Å².